The summed E-state index contributed by atoms with van der Waals surface area (Å²) in [5.74, 6) is 1.48. The zero-order valence-corrected chi connectivity index (χ0v) is 13.8. The lowest BCUT2D eigenvalue weighted by Crippen LogP contribution is -2.34. The van der Waals surface area contributed by atoms with Crippen LogP contribution >= 0.6 is 0 Å². The molecular formula is C18H30N2O. The van der Waals surface area contributed by atoms with Gasteiger partial charge in [-0.05, 0) is 51.3 Å². The predicted molar refractivity (Wildman–Crippen MR) is 87.9 cm³/mol. The van der Waals surface area contributed by atoms with Gasteiger partial charge in [-0.2, -0.15) is 0 Å². The van der Waals surface area contributed by atoms with Crippen LogP contribution in [0.3, 0.4) is 0 Å². The van der Waals surface area contributed by atoms with Gasteiger partial charge in [0.05, 0.1) is 12.3 Å². The summed E-state index contributed by atoms with van der Waals surface area (Å²) in [6, 6.07) is 2.78. The Morgan fingerprint density at radius 2 is 2.05 bits per heavy atom. The van der Waals surface area contributed by atoms with Crippen molar-refractivity contribution >= 4 is 0 Å². The molecule has 1 N–H and O–H groups in total. The minimum Gasteiger partial charge on any atom is -0.489 e. The molecule has 1 fully saturated rings. The molecule has 0 aromatic carbocycles. The van der Waals surface area contributed by atoms with Crippen LogP contribution in [0.5, 0.6) is 5.75 Å². The molecule has 0 saturated heterocycles. The van der Waals surface area contributed by atoms with Crippen LogP contribution in [0, 0.1) is 0 Å². The number of nitrogens with one attached hydrogen (secondary N) is 1. The third-order valence-electron chi connectivity index (χ3n) is 4.21. The average molecular weight is 290 g/mol. The van der Waals surface area contributed by atoms with E-state index in [9.17, 15) is 0 Å². The van der Waals surface area contributed by atoms with Gasteiger partial charge in [0.25, 0.3) is 0 Å². The first kappa shape index (κ1) is 16.3. The van der Waals surface area contributed by atoms with Crippen LogP contribution in [0.25, 0.3) is 0 Å². The molecule has 0 bridgehead atoms. The Balaban J connectivity index is 2.14. The number of nitrogens with zero attached hydrogens (tertiary/aromatic N) is 1. The molecular weight excluding hydrogens is 260 g/mol. The standard InChI is InChI=1S/C18H30N2O/c1-4-10-20-18-9-7-5-6-8-17(18)15-11-16(13-19-12-15)21-14(2)3/h11-14,17-18,20H,4-10H2,1-3H3. The third kappa shape index (κ3) is 4.99. The van der Waals surface area contributed by atoms with E-state index in [1.807, 2.05) is 12.4 Å². The first-order chi connectivity index (χ1) is 10.2. The Hall–Kier alpha value is -1.09. The summed E-state index contributed by atoms with van der Waals surface area (Å²) in [5.41, 5.74) is 1.34. The highest BCUT2D eigenvalue weighted by Gasteiger charge is 2.25. The highest BCUT2D eigenvalue weighted by molar-refractivity contribution is 5.28. The molecule has 1 aliphatic carbocycles. The van der Waals surface area contributed by atoms with Crippen molar-refractivity contribution in [2.45, 2.75) is 77.4 Å². The summed E-state index contributed by atoms with van der Waals surface area (Å²) in [6.45, 7) is 7.46. The maximum absolute atomic E-state index is 5.81. The Morgan fingerprint density at radius 1 is 1.24 bits per heavy atom. The summed E-state index contributed by atoms with van der Waals surface area (Å²) >= 11 is 0. The van der Waals surface area contributed by atoms with E-state index in [0.29, 0.717) is 12.0 Å². The summed E-state index contributed by atoms with van der Waals surface area (Å²) in [7, 11) is 0. The molecule has 1 aromatic rings. The van der Waals surface area contributed by atoms with E-state index in [1.165, 1.54) is 44.1 Å². The highest BCUT2D eigenvalue weighted by Crippen LogP contribution is 2.33. The topological polar surface area (TPSA) is 34.2 Å². The first-order valence-corrected chi connectivity index (χ1v) is 8.55. The number of ether oxygens (including phenoxy) is 1. The number of hydrogen-bond acceptors (Lipinski definition) is 3. The summed E-state index contributed by atoms with van der Waals surface area (Å²) in [5, 5.41) is 3.75. The van der Waals surface area contributed by atoms with Crippen molar-refractivity contribution in [1.29, 1.82) is 0 Å². The molecule has 0 amide bonds. The second-order valence-corrected chi connectivity index (χ2v) is 6.43. The minimum absolute atomic E-state index is 0.199. The van der Waals surface area contributed by atoms with Crippen LogP contribution in [0.1, 0.15) is 70.8 Å². The summed E-state index contributed by atoms with van der Waals surface area (Å²) < 4.78 is 5.81. The zero-order valence-electron chi connectivity index (χ0n) is 13.8. The van der Waals surface area contributed by atoms with Crippen molar-refractivity contribution in [3.05, 3.63) is 24.0 Å². The van der Waals surface area contributed by atoms with Crippen LogP contribution in [0.4, 0.5) is 0 Å². The van der Waals surface area contributed by atoms with Crippen LogP contribution < -0.4 is 10.1 Å². The van der Waals surface area contributed by atoms with E-state index in [-0.39, 0.29) is 6.10 Å². The van der Waals surface area contributed by atoms with Gasteiger partial charge in [0.2, 0.25) is 0 Å². The molecule has 2 atom stereocenters. The molecule has 21 heavy (non-hydrogen) atoms. The summed E-state index contributed by atoms with van der Waals surface area (Å²) in [4.78, 5) is 4.41. The fourth-order valence-electron chi connectivity index (χ4n) is 3.26. The van der Waals surface area contributed by atoms with E-state index < -0.39 is 0 Å². The van der Waals surface area contributed by atoms with E-state index >= 15 is 0 Å². The second kappa shape index (κ2) is 8.38. The third-order valence-corrected chi connectivity index (χ3v) is 4.21. The van der Waals surface area contributed by atoms with Crippen molar-refractivity contribution in [3.8, 4) is 5.75 Å². The van der Waals surface area contributed by atoms with Crippen LogP contribution in [0.15, 0.2) is 18.5 Å². The van der Waals surface area contributed by atoms with E-state index in [2.05, 4.69) is 37.1 Å². The lowest BCUT2D eigenvalue weighted by molar-refractivity contribution is 0.241. The highest BCUT2D eigenvalue weighted by atomic mass is 16.5. The van der Waals surface area contributed by atoms with Crippen LogP contribution in [-0.4, -0.2) is 23.7 Å². The Morgan fingerprint density at radius 3 is 2.81 bits per heavy atom. The van der Waals surface area contributed by atoms with Crippen molar-refractivity contribution in [2.75, 3.05) is 6.54 Å². The number of hydrogen-bond donors (Lipinski definition) is 1. The maximum atomic E-state index is 5.81. The largest absolute Gasteiger partial charge is 0.489 e. The monoisotopic (exact) mass is 290 g/mol. The average Bonchev–Trinajstić information content (AvgIpc) is 2.70. The Labute approximate surface area is 129 Å². The lowest BCUT2D eigenvalue weighted by Gasteiger charge is -2.27. The molecule has 1 aliphatic rings. The molecule has 0 aliphatic heterocycles. The minimum atomic E-state index is 0.199. The van der Waals surface area contributed by atoms with Gasteiger partial charge in [0.1, 0.15) is 5.75 Å². The smallest absolute Gasteiger partial charge is 0.138 e. The van der Waals surface area contributed by atoms with Gasteiger partial charge in [-0.25, -0.2) is 0 Å². The van der Waals surface area contributed by atoms with E-state index in [4.69, 9.17) is 4.74 Å². The van der Waals surface area contributed by atoms with E-state index in [0.717, 1.165) is 12.3 Å². The van der Waals surface area contributed by atoms with Gasteiger partial charge >= 0.3 is 0 Å². The number of rotatable bonds is 6. The molecule has 0 radical (unpaired) electrons. The van der Waals surface area contributed by atoms with Gasteiger partial charge in [-0.3, -0.25) is 4.98 Å². The van der Waals surface area contributed by atoms with E-state index in [1.54, 1.807) is 0 Å². The van der Waals surface area contributed by atoms with Crippen LogP contribution in [-0.2, 0) is 0 Å². The van der Waals surface area contributed by atoms with Crippen molar-refractivity contribution in [3.63, 3.8) is 0 Å². The van der Waals surface area contributed by atoms with Crippen molar-refractivity contribution in [2.24, 2.45) is 0 Å². The fourth-order valence-corrected chi connectivity index (χ4v) is 3.26. The molecule has 2 rings (SSSR count). The molecule has 3 nitrogen and oxygen atoms in total. The van der Waals surface area contributed by atoms with Gasteiger partial charge in [-0.15, -0.1) is 0 Å². The first-order valence-electron chi connectivity index (χ1n) is 8.55. The zero-order chi connectivity index (χ0) is 15.1. The van der Waals surface area contributed by atoms with Crippen molar-refractivity contribution in [1.82, 2.24) is 10.3 Å². The molecule has 118 valence electrons. The predicted octanol–water partition coefficient (Wildman–Crippen LogP) is 4.28. The molecule has 0 spiro atoms. The Kier molecular flexibility index (Phi) is 6.50. The SMILES string of the molecule is CCCNC1CCCCCC1c1cncc(OC(C)C)c1. The quantitative estimate of drug-likeness (QED) is 0.794. The maximum Gasteiger partial charge on any atom is 0.138 e. The van der Waals surface area contributed by atoms with Crippen LogP contribution in [0.2, 0.25) is 0 Å². The summed E-state index contributed by atoms with van der Waals surface area (Å²) in [6.07, 6.45) is 11.8. The molecule has 3 heteroatoms. The van der Waals surface area contributed by atoms with Crippen molar-refractivity contribution < 1.29 is 4.74 Å². The normalized spacial score (nSPS) is 23.0. The second-order valence-electron chi connectivity index (χ2n) is 6.43. The number of aromatic nitrogens is 1. The molecule has 1 heterocycles. The number of pyridine rings is 1. The molecule has 1 saturated carbocycles. The van der Waals surface area contributed by atoms with Gasteiger partial charge in [0.15, 0.2) is 0 Å². The molecule has 2 unspecified atom stereocenters. The van der Waals surface area contributed by atoms with Gasteiger partial charge in [0, 0.05) is 18.2 Å². The molecule has 1 aromatic heterocycles. The Bertz CT molecular complexity index is 419. The lowest BCUT2D eigenvalue weighted by atomic mass is 9.88. The van der Waals surface area contributed by atoms with Gasteiger partial charge in [-0.1, -0.05) is 26.2 Å². The fraction of sp³-hybridized carbons (Fsp3) is 0.722. The van der Waals surface area contributed by atoms with Gasteiger partial charge < -0.3 is 10.1 Å².